The predicted octanol–water partition coefficient (Wildman–Crippen LogP) is 2.64. The third kappa shape index (κ3) is 3.41. The molecule has 23 heavy (non-hydrogen) atoms. The van der Waals surface area contributed by atoms with Crippen LogP contribution in [0.4, 0.5) is 5.69 Å². The van der Waals surface area contributed by atoms with E-state index in [2.05, 4.69) is 21.8 Å². The average molecular weight is 330 g/mol. The van der Waals surface area contributed by atoms with Crippen LogP contribution < -0.4 is 9.62 Å². The summed E-state index contributed by atoms with van der Waals surface area (Å²) in [7, 11) is -3.46. The van der Waals surface area contributed by atoms with Gasteiger partial charge in [-0.2, -0.15) is 0 Å². The highest BCUT2D eigenvalue weighted by Crippen LogP contribution is 2.26. The SMILES string of the molecule is Cc1ccc(C)c(S(=O)(=O)NCCN2CCc3ccccc32)c1. The first-order valence-corrected chi connectivity index (χ1v) is 9.35. The first-order valence-electron chi connectivity index (χ1n) is 7.87. The monoisotopic (exact) mass is 330 g/mol. The number of nitrogens with one attached hydrogen (secondary N) is 1. The van der Waals surface area contributed by atoms with Gasteiger partial charge in [-0.25, -0.2) is 13.1 Å². The average Bonchev–Trinajstić information content (AvgIpc) is 2.93. The molecule has 2 aromatic carbocycles. The van der Waals surface area contributed by atoms with Crippen molar-refractivity contribution in [3.05, 3.63) is 59.2 Å². The molecule has 1 N–H and O–H groups in total. The Bertz CT molecular complexity index is 816. The molecular weight excluding hydrogens is 308 g/mol. The summed E-state index contributed by atoms with van der Waals surface area (Å²) in [5, 5.41) is 0. The fraction of sp³-hybridized carbons (Fsp3) is 0.333. The second-order valence-electron chi connectivity index (χ2n) is 6.03. The molecule has 5 heteroatoms. The van der Waals surface area contributed by atoms with E-state index in [0.717, 1.165) is 24.1 Å². The zero-order chi connectivity index (χ0) is 16.4. The highest BCUT2D eigenvalue weighted by atomic mass is 32.2. The Morgan fingerprint density at radius 3 is 2.74 bits per heavy atom. The molecule has 0 aliphatic carbocycles. The molecule has 1 aliphatic heterocycles. The van der Waals surface area contributed by atoms with Gasteiger partial charge in [-0.3, -0.25) is 0 Å². The minimum absolute atomic E-state index is 0.374. The van der Waals surface area contributed by atoms with E-state index < -0.39 is 10.0 Å². The van der Waals surface area contributed by atoms with Crippen LogP contribution in [-0.2, 0) is 16.4 Å². The van der Waals surface area contributed by atoms with Crippen molar-refractivity contribution < 1.29 is 8.42 Å². The molecule has 122 valence electrons. The third-order valence-corrected chi connectivity index (χ3v) is 5.89. The van der Waals surface area contributed by atoms with E-state index in [1.807, 2.05) is 38.1 Å². The van der Waals surface area contributed by atoms with Crippen molar-refractivity contribution in [2.75, 3.05) is 24.5 Å². The number of sulfonamides is 1. The lowest BCUT2D eigenvalue weighted by atomic mass is 10.2. The Labute approximate surface area is 138 Å². The molecule has 0 spiro atoms. The van der Waals surface area contributed by atoms with E-state index in [4.69, 9.17) is 0 Å². The number of nitrogens with zero attached hydrogens (tertiary/aromatic N) is 1. The fourth-order valence-electron chi connectivity index (χ4n) is 3.03. The number of hydrogen-bond donors (Lipinski definition) is 1. The van der Waals surface area contributed by atoms with Crippen molar-refractivity contribution in [2.24, 2.45) is 0 Å². The van der Waals surface area contributed by atoms with Crippen molar-refractivity contribution in [1.82, 2.24) is 4.72 Å². The van der Waals surface area contributed by atoms with Crippen LogP contribution in [0, 0.1) is 13.8 Å². The lowest BCUT2D eigenvalue weighted by Gasteiger charge is -2.19. The molecule has 0 amide bonds. The molecule has 0 bridgehead atoms. The summed E-state index contributed by atoms with van der Waals surface area (Å²) in [5.74, 6) is 0. The van der Waals surface area contributed by atoms with Gasteiger partial charge in [0.1, 0.15) is 0 Å². The molecule has 0 unspecified atom stereocenters. The molecule has 0 aromatic heterocycles. The summed E-state index contributed by atoms with van der Waals surface area (Å²) in [6.07, 6.45) is 1.03. The smallest absolute Gasteiger partial charge is 0.240 e. The van der Waals surface area contributed by atoms with Crippen molar-refractivity contribution in [1.29, 1.82) is 0 Å². The maximum absolute atomic E-state index is 12.5. The van der Waals surface area contributed by atoms with Crippen LogP contribution in [-0.4, -0.2) is 28.1 Å². The summed E-state index contributed by atoms with van der Waals surface area (Å²) in [6, 6.07) is 13.8. The Morgan fingerprint density at radius 2 is 1.91 bits per heavy atom. The van der Waals surface area contributed by atoms with Gasteiger partial charge in [-0.1, -0.05) is 30.3 Å². The Kier molecular flexibility index (Phi) is 4.41. The normalized spacial score (nSPS) is 14.1. The van der Waals surface area contributed by atoms with Crippen LogP contribution >= 0.6 is 0 Å². The maximum atomic E-state index is 12.5. The van der Waals surface area contributed by atoms with E-state index in [-0.39, 0.29) is 0 Å². The van der Waals surface area contributed by atoms with Gasteiger partial charge in [0.25, 0.3) is 0 Å². The number of fused-ring (bicyclic) bond motifs is 1. The topological polar surface area (TPSA) is 49.4 Å². The minimum atomic E-state index is -3.46. The van der Waals surface area contributed by atoms with Crippen molar-refractivity contribution >= 4 is 15.7 Å². The molecule has 0 atom stereocenters. The van der Waals surface area contributed by atoms with Gasteiger partial charge in [0.2, 0.25) is 10.0 Å². The molecular formula is C18H22N2O2S. The summed E-state index contributed by atoms with van der Waals surface area (Å²) in [5.41, 5.74) is 4.28. The zero-order valence-electron chi connectivity index (χ0n) is 13.5. The highest BCUT2D eigenvalue weighted by molar-refractivity contribution is 7.89. The summed E-state index contributed by atoms with van der Waals surface area (Å²) in [4.78, 5) is 2.61. The Hall–Kier alpha value is -1.85. The molecule has 1 heterocycles. The van der Waals surface area contributed by atoms with Crippen molar-refractivity contribution in [3.63, 3.8) is 0 Å². The summed E-state index contributed by atoms with van der Waals surface area (Å²) in [6.45, 7) is 5.76. The third-order valence-electron chi connectivity index (χ3n) is 4.29. The minimum Gasteiger partial charge on any atom is -0.370 e. The quantitative estimate of drug-likeness (QED) is 0.917. The Balaban J connectivity index is 1.66. The van der Waals surface area contributed by atoms with E-state index in [9.17, 15) is 8.42 Å². The molecule has 4 nitrogen and oxygen atoms in total. The van der Waals surface area contributed by atoms with E-state index in [1.165, 1.54) is 11.3 Å². The number of para-hydroxylation sites is 1. The van der Waals surface area contributed by atoms with Crippen LogP contribution in [0.3, 0.4) is 0 Å². The van der Waals surface area contributed by atoms with Gasteiger partial charge in [-0.05, 0) is 49.1 Å². The number of anilines is 1. The van der Waals surface area contributed by atoms with Gasteiger partial charge in [0.15, 0.2) is 0 Å². The molecule has 0 fully saturated rings. The van der Waals surface area contributed by atoms with Gasteiger partial charge in [0, 0.05) is 25.3 Å². The molecule has 0 saturated heterocycles. The Morgan fingerprint density at radius 1 is 1.13 bits per heavy atom. The highest BCUT2D eigenvalue weighted by Gasteiger charge is 2.20. The van der Waals surface area contributed by atoms with Gasteiger partial charge in [0.05, 0.1) is 4.90 Å². The molecule has 0 saturated carbocycles. The molecule has 3 rings (SSSR count). The van der Waals surface area contributed by atoms with Gasteiger partial charge in [-0.15, -0.1) is 0 Å². The predicted molar refractivity (Wildman–Crippen MR) is 93.5 cm³/mol. The van der Waals surface area contributed by atoms with Gasteiger partial charge < -0.3 is 4.90 Å². The lowest BCUT2D eigenvalue weighted by Crippen LogP contribution is -2.34. The van der Waals surface area contributed by atoms with Crippen molar-refractivity contribution in [3.8, 4) is 0 Å². The number of rotatable bonds is 5. The first kappa shape index (κ1) is 16.0. The number of aryl methyl sites for hydroxylation is 2. The standard InChI is InChI=1S/C18H22N2O2S/c1-14-7-8-15(2)18(13-14)23(21,22)19-10-12-20-11-9-16-5-3-4-6-17(16)20/h3-8,13,19H,9-12H2,1-2H3. The fourth-order valence-corrected chi connectivity index (χ4v) is 4.38. The summed E-state index contributed by atoms with van der Waals surface area (Å²) >= 11 is 0. The van der Waals surface area contributed by atoms with E-state index >= 15 is 0 Å². The zero-order valence-corrected chi connectivity index (χ0v) is 14.4. The lowest BCUT2D eigenvalue weighted by molar-refractivity contribution is 0.580. The van der Waals surface area contributed by atoms with Crippen LogP contribution in [0.25, 0.3) is 0 Å². The van der Waals surface area contributed by atoms with Crippen LogP contribution in [0.2, 0.25) is 0 Å². The van der Waals surface area contributed by atoms with Crippen molar-refractivity contribution in [2.45, 2.75) is 25.2 Å². The second kappa shape index (κ2) is 6.34. The maximum Gasteiger partial charge on any atom is 0.240 e. The first-order chi connectivity index (χ1) is 11.0. The van der Waals surface area contributed by atoms with E-state index in [0.29, 0.717) is 18.0 Å². The molecule has 0 radical (unpaired) electrons. The molecule has 1 aliphatic rings. The summed E-state index contributed by atoms with van der Waals surface area (Å²) < 4.78 is 27.7. The van der Waals surface area contributed by atoms with Crippen LogP contribution in [0.1, 0.15) is 16.7 Å². The molecule has 2 aromatic rings. The number of benzene rings is 2. The van der Waals surface area contributed by atoms with E-state index in [1.54, 1.807) is 6.07 Å². The van der Waals surface area contributed by atoms with Crippen LogP contribution in [0.5, 0.6) is 0 Å². The van der Waals surface area contributed by atoms with Crippen LogP contribution in [0.15, 0.2) is 47.4 Å². The largest absolute Gasteiger partial charge is 0.370 e. The van der Waals surface area contributed by atoms with Gasteiger partial charge >= 0.3 is 0 Å². The second-order valence-corrected chi connectivity index (χ2v) is 7.77. The number of hydrogen-bond acceptors (Lipinski definition) is 3.